The van der Waals surface area contributed by atoms with Crippen molar-refractivity contribution in [2.75, 3.05) is 24.6 Å². The normalized spacial score (nSPS) is 10.3. The second-order valence-corrected chi connectivity index (χ2v) is 4.32. The van der Waals surface area contributed by atoms with Crippen LogP contribution in [0.2, 0.25) is 0 Å². The second kappa shape index (κ2) is 5.50. The molecular weight excluding hydrogens is 252 g/mol. The maximum Gasteiger partial charge on any atom is 0.257 e. The fraction of sp³-hybridized carbons (Fsp3) is 0.300. The van der Waals surface area contributed by atoms with Crippen LogP contribution in [0.25, 0.3) is 0 Å². The fourth-order valence-electron chi connectivity index (χ4n) is 1.48. The van der Waals surface area contributed by atoms with Crippen LogP contribution in [-0.4, -0.2) is 33.7 Å². The lowest BCUT2D eigenvalue weighted by Crippen LogP contribution is -2.20. The lowest BCUT2D eigenvalue weighted by Gasteiger charge is -2.06. The Hall–Kier alpha value is -2.09. The number of carbonyl (C=O) groups is 1. The molecule has 0 bridgehead atoms. The molecule has 0 saturated carbocycles. The van der Waals surface area contributed by atoms with Gasteiger partial charge in [-0.2, -0.15) is 9.47 Å². The molecule has 0 fully saturated rings. The Morgan fingerprint density at radius 3 is 3.11 bits per heavy atom. The number of anilines is 2. The van der Waals surface area contributed by atoms with Crippen molar-refractivity contribution in [3.8, 4) is 0 Å². The van der Waals surface area contributed by atoms with Crippen LogP contribution < -0.4 is 16.4 Å². The van der Waals surface area contributed by atoms with Crippen LogP contribution in [0.1, 0.15) is 10.4 Å². The lowest BCUT2D eigenvalue weighted by molar-refractivity contribution is 0.0965. The van der Waals surface area contributed by atoms with Gasteiger partial charge in [0.1, 0.15) is 10.6 Å². The molecule has 0 radical (unpaired) electrons. The molecule has 0 spiro atoms. The van der Waals surface area contributed by atoms with E-state index in [2.05, 4.69) is 20.1 Å². The van der Waals surface area contributed by atoms with E-state index in [1.165, 1.54) is 11.5 Å². The Morgan fingerprint density at radius 2 is 2.44 bits per heavy atom. The van der Waals surface area contributed by atoms with E-state index in [-0.39, 0.29) is 11.7 Å². The maximum atomic E-state index is 11.6. The molecule has 2 rings (SSSR count). The molecule has 7 nitrogen and oxygen atoms in total. The lowest BCUT2D eigenvalue weighted by atomic mass is 10.3. The Morgan fingerprint density at radius 1 is 1.61 bits per heavy atom. The zero-order valence-electron chi connectivity index (χ0n) is 9.88. The van der Waals surface area contributed by atoms with Gasteiger partial charge in [0, 0.05) is 26.0 Å². The van der Waals surface area contributed by atoms with Crippen molar-refractivity contribution in [2.45, 2.75) is 6.54 Å². The van der Waals surface area contributed by atoms with Crippen molar-refractivity contribution in [3.05, 3.63) is 24.0 Å². The summed E-state index contributed by atoms with van der Waals surface area (Å²) in [6.45, 7) is 1.35. The number of hydrogen-bond donors (Lipinski definition) is 3. The SMILES string of the molecule is CNC(=O)c1c(N)nsc1NCCn1cccn1. The van der Waals surface area contributed by atoms with E-state index >= 15 is 0 Å². The quantitative estimate of drug-likeness (QED) is 0.727. The standard InChI is InChI=1S/C10H14N6OS/c1-12-9(17)7-8(11)15-18-10(7)13-4-6-16-5-2-3-14-16/h2-3,5,13H,4,6H2,1H3,(H2,11,15)(H,12,17). The third-order valence-electron chi connectivity index (χ3n) is 2.36. The van der Waals surface area contributed by atoms with Gasteiger partial charge in [-0.15, -0.1) is 0 Å². The van der Waals surface area contributed by atoms with Gasteiger partial charge in [-0.3, -0.25) is 9.48 Å². The van der Waals surface area contributed by atoms with Crippen molar-refractivity contribution in [2.24, 2.45) is 0 Å². The van der Waals surface area contributed by atoms with E-state index in [9.17, 15) is 4.79 Å². The molecule has 2 heterocycles. The van der Waals surface area contributed by atoms with Crippen molar-refractivity contribution < 1.29 is 4.79 Å². The molecule has 8 heteroatoms. The highest BCUT2D eigenvalue weighted by molar-refractivity contribution is 7.11. The molecule has 2 aromatic heterocycles. The molecule has 0 unspecified atom stereocenters. The van der Waals surface area contributed by atoms with E-state index in [0.717, 1.165) is 0 Å². The summed E-state index contributed by atoms with van der Waals surface area (Å²) in [5, 5.41) is 10.5. The van der Waals surface area contributed by atoms with E-state index in [4.69, 9.17) is 5.73 Å². The predicted octanol–water partition coefficient (Wildman–Crippen LogP) is 0.393. The monoisotopic (exact) mass is 266 g/mol. The number of aromatic nitrogens is 3. The minimum Gasteiger partial charge on any atom is -0.382 e. The van der Waals surface area contributed by atoms with Crippen LogP contribution in [0.15, 0.2) is 18.5 Å². The summed E-state index contributed by atoms with van der Waals surface area (Å²) in [6.07, 6.45) is 3.60. The smallest absolute Gasteiger partial charge is 0.257 e. The van der Waals surface area contributed by atoms with Gasteiger partial charge in [0.25, 0.3) is 5.91 Å². The minimum atomic E-state index is -0.233. The molecule has 0 atom stereocenters. The third-order valence-corrected chi connectivity index (χ3v) is 3.18. The Labute approximate surface area is 108 Å². The van der Waals surface area contributed by atoms with Crippen LogP contribution in [0.3, 0.4) is 0 Å². The largest absolute Gasteiger partial charge is 0.382 e. The number of nitrogens with one attached hydrogen (secondary N) is 2. The van der Waals surface area contributed by atoms with Crippen LogP contribution in [0.4, 0.5) is 10.8 Å². The molecule has 2 aromatic rings. The third kappa shape index (κ3) is 2.59. The first-order chi connectivity index (χ1) is 8.72. The molecule has 0 aliphatic rings. The van der Waals surface area contributed by atoms with Gasteiger partial charge < -0.3 is 16.4 Å². The molecule has 1 amide bonds. The van der Waals surface area contributed by atoms with Crippen molar-refractivity contribution in [1.82, 2.24) is 19.5 Å². The second-order valence-electron chi connectivity index (χ2n) is 3.55. The Bertz CT molecular complexity index is 520. The van der Waals surface area contributed by atoms with Gasteiger partial charge in [0.05, 0.1) is 6.54 Å². The predicted molar refractivity (Wildman–Crippen MR) is 70.6 cm³/mol. The number of nitrogens with zero attached hydrogens (tertiary/aromatic N) is 3. The topological polar surface area (TPSA) is 97.9 Å². The molecule has 0 aliphatic carbocycles. The average Bonchev–Trinajstić information content (AvgIpc) is 2.99. The molecule has 4 N–H and O–H groups in total. The van der Waals surface area contributed by atoms with E-state index in [1.54, 1.807) is 17.9 Å². The van der Waals surface area contributed by atoms with Crippen molar-refractivity contribution >= 4 is 28.3 Å². The summed E-state index contributed by atoms with van der Waals surface area (Å²) in [4.78, 5) is 11.6. The molecule has 0 aliphatic heterocycles. The highest BCUT2D eigenvalue weighted by Gasteiger charge is 2.17. The van der Waals surface area contributed by atoms with E-state index in [0.29, 0.717) is 23.7 Å². The number of hydrogen-bond acceptors (Lipinski definition) is 6. The number of carbonyl (C=O) groups excluding carboxylic acids is 1. The van der Waals surface area contributed by atoms with Crippen molar-refractivity contribution in [1.29, 1.82) is 0 Å². The molecule has 0 aromatic carbocycles. The van der Waals surface area contributed by atoms with E-state index < -0.39 is 0 Å². The first kappa shape index (κ1) is 12.4. The summed E-state index contributed by atoms with van der Waals surface area (Å²) in [5.41, 5.74) is 6.07. The van der Waals surface area contributed by atoms with Gasteiger partial charge in [0.15, 0.2) is 5.82 Å². The number of nitrogens with two attached hydrogens (primary N) is 1. The van der Waals surface area contributed by atoms with Gasteiger partial charge in [0.2, 0.25) is 0 Å². The molecule has 18 heavy (non-hydrogen) atoms. The maximum absolute atomic E-state index is 11.6. The summed E-state index contributed by atoms with van der Waals surface area (Å²) in [6, 6.07) is 1.86. The van der Waals surface area contributed by atoms with Gasteiger partial charge >= 0.3 is 0 Å². The highest BCUT2D eigenvalue weighted by Crippen LogP contribution is 2.26. The first-order valence-electron chi connectivity index (χ1n) is 5.41. The van der Waals surface area contributed by atoms with Gasteiger partial charge in [-0.05, 0) is 17.6 Å². The number of rotatable bonds is 5. The first-order valence-corrected chi connectivity index (χ1v) is 6.18. The zero-order chi connectivity index (χ0) is 13.0. The highest BCUT2D eigenvalue weighted by atomic mass is 32.1. The minimum absolute atomic E-state index is 0.233. The number of nitrogen functional groups attached to an aromatic ring is 1. The fourth-order valence-corrected chi connectivity index (χ4v) is 2.22. The summed E-state index contributed by atoms with van der Waals surface area (Å²) < 4.78 is 5.78. The summed E-state index contributed by atoms with van der Waals surface area (Å²) >= 11 is 1.18. The van der Waals surface area contributed by atoms with Gasteiger partial charge in [-0.25, -0.2) is 0 Å². The van der Waals surface area contributed by atoms with E-state index in [1.807, 2.05) is 12.3 Å². The van der Waals surface area contributed by atoms with Gasteiger partial charge in [-0.1, -0.05) is 0 Å². The summed E-state index contributed by atoms with van der Waals surface area (Å²) in [5.74, 6) is 0.0174. The van der Waals surface area contributed by atoms with Crippen LogP contribution in [0, 0.1) is 0 Å². The molecular formula is C10H14N6OS. The van der Waals surface area contributed by atoms with Crippen LogP contribution in [0.5, 0.6) is 0 Å². The van der Waals surface area contributed by atoms with Crippen LogP contribution >= 0.6 is 11.5 Å². The number of amides is 1. The Balaban J connectivity index is 1.99. The average molecular weight is 266 g/mol. The molecule has 96 valence electrons. The van der Waals surface area contributed by atoms with Crippen molar-refractivity contribution in [3.63, 3.8) is 0 Å². The van der Waals surface area contributed by atoms with Crippen LogP contribution in [-0.2, 0) is 6.54 Å². The Kier molecular flexibility index (Phi) is 3.78. The summed E-state index contributed by atoms with van der Waals surface area (Å²) in [7, 11) is 1.56. The zero-order valence-corrected chi connectivity index (χ0v) is 10.7. The molecule has 0 saturated heterocycles.